The number of nitrogens with one attached hydrogen (secondary N) is 2. The van der Waals surface area contributed by atoms with Crippen LogP contribution < -0.4 is 16.4 Å². The highest BCUT2D eigenvalue weighted by Gasteiger charge is 2.11. The number of aryl methyl sites for hydroxylation is 2. The molecule has 2 rings (SSSR count). The van der Waals surface area contributed by atoms with Crippen molar-refractivity contribution in [2.45, 2.75) is 26.8 Å². The minimum Gasteiger partial charge on any atom is -0.383 e. The Labute approximate surface area is 149 Å². The molecule has 0 saturated carbocycles. The first kappa shape index (κ1) is 18.4. The summed E-state index contributed by atoms with van der Waals surface area (Å²) in [7, 11) is 0. The van der Waals surface area contributed by atoms with Gasteiger partial charge in [-0.1, -0.05) is 18.2 Å². The van der Waals surface area contributed by atoms with E-state index in [2.05, 4.69) is 23.3 Å². The van der Waals surface area contributed by atoms with Gasteiger partial charge in [-0.3, -0.25) is 4.79 Å². The summed E-state index contributed by atoms with van der Waals surface area (Å²) in [6.45, 7) is 6.66. The fourth-order valence-electron chi connectivity index (χ4n) is 2.34. The minimum absolute atomic E-state index is 0.0276. The van der Waals surface area contributed by atoms with Gasteiger partial charge in [-0.15, -0.1) is 0 Å². The summed E-state index contributed by atoms with van der Waals surface area (Å²) in [5, 5.41) is 6.28. The van der Waals surface area contributed by atoms with Crippen LogP contribution in [0.3, 0.4) is 0 Å². The van der Waals surface area contributed by atoms with Crippen molar-refractivity contribution in [3.63, 3.8) is 0 Å². The van der Waals surface area contributed by atoms with Gasteiger partial charge in [0.25, 0.3) is 5.91 Å². The number of rotatable bonds is 6. The summed E-state index contributed by atoms with van der Waals surface area (Å²) < 4.78 is 0. The van der Waals surface area contributed by atoms with Crippen LogP contribution in [0, 0.1) is 20.8 Å². The average Bonchev–Trinajstić information content (AvgIpc) is 2.57. The summed E-state index contributed by atoms with van der Waals surface area (Å²) in [6, 6.07) is 11.5. The zero-order valence-corrected chi connectivity index (χ0v) is 15.3. The van der Waals surface area contributed by atoms with E-state index >= 15 is 0 Å². The number of carbonyl (C=O) groups excluding carboxylic acids is 1. The van der Waals surface area contributed by atoms with Crippen LogP contribution in [0.15, 0.2) is 36.4 Å². The lowest BCUT2D eigenvalue weighted by atomic mass is 10.1. The fraction of sp³-hybridized carbons (Fsp3) is 0.316. The molecule has 2 aromatic carbocycles. The summed E-state index contributed by atoms with van der Waals surface area (Å²) in [5.41, 5.74) is 11.6. The van der Waals surface area contributed by atoms with Crippen LogP contribution in [-0.4, -0.2) is 24.2 Å². The summed E-state index contributed by atoms with van der Waals surface area (Å²) in [6.07, 6.45) is 0. The molecule has 0 radical (unpaired) electrons. The fourth-order valence-corrected chi connectivity index (χ4v) is 2.47. The molecular formula is C19H25N3OS. The number of thiol groups is 1. The molecule has 1 atom stereocenters. The van der Waals surface area contributed by atoms with Crippen molar-refractivity contribution in [2.24, 2.45) is 5.73 Å². The highest BCUT2D eigenvalue weighted by Crippen LogP contribution is 2.21. The average molecular weight is 343 g/mol. The Kier molecular flexibility index (Phi) is 6.29. The van der Waals surface area contributed by atoms with Crippen molar-refractivity contribution in [2.75, 3.05) is 22.9 Å². The molecule has 0 aliphatic heterocycles. The predicted molar refractivity (Wildman–Crippen MR) is 105 cm³/mol. The molecule has 2 aromatic rings. The van der Waals surface area contributed by atoms with Crippen molar-refractivity contribution in [1.29, 1.82) is 0 Å². The SMILES string of the molecule is Cc1ccc(C(=O)Nc2cccc(C)c2C)cc1NC[C@H](N)CS. The molecule has 0 aliphatic carbocycles. The van der Waals surface area contributed by atoms with Gasteiger partial charge in [0.1, 0.15) is 0 Å². The van der Waals surface area contributed by atoms with E-state index in [1.165, 1.54) is 0 Å². The molecule has 0 spiro atoms. The molecule has 0 heterocycles. The van der Waals surface area contributed by atoms with Crippen LogP contribution in [0.2, 0.25) is 0 Å². The van der Waals surface area contributed by atoms with Crippen LogP contribution in [-0.2, 0) is 0 Å². The van der Waals surface area contributed by atoms with Crippen LogP contribution in [0.5, 0.6) is 0 Å². The maximum absolute atomic E-state index is 12.6. The van der Waals surface area contributed by atoms with E-state index in [4.69, 9.17) is 5.73 Å². The first-order valence-electron chi connectivity index (χ1n) is 8.01. The van der Waals surface area contributed by atoms with Crippen LogP contribution in [0.25, 0.3) is 0 Å². The van der Waals surface area contributed by atoms with Crippen molar-refractivity contribution in [3.8, 4) is 0 Å². The van der Waals surface area contributed by atoms with Crippen LogP contribution >= 0.6 is 12.6 Å². The number of anilines is 2. The molecule has 128 valence electrons. The lowest BCUT2D eigenvalue weighted by Crippen LogP contribution is -2.30. The number of amides is 1. The third kappa shape index (κ3) is 4.52. The first-order valence-corrected chi connectivity index (χ1v) is 8.64. The smallest absolute Gasteiger partial charge is 0.255 e. The second-order valence-corrected chi connectivity index (χ2v) is 6.42. The van der Waals surface area contributed by atoms with E-state index in [0.29, 0.717) is 17.9 Å². The van der Waals surface area contributed by atoms with Gasteiger partial charge in [-0.05, 0) is 55.7 Å². The largest absolute Gasteiger partial charge is 0.383 e. The first-order chi connectivity index (χ1) is 11.4. The molecule has 4 nitrogen and oxygen atoms in total. The number of nitrogens with two attached hydrogens (primary N) is 1. The van der Waals surface area contributed by atoms with Crippen molar-refractivity contribution in [1.82, 2.24) is 0 Å². The Bertz CT molecular complexity index is 731. The van der Waals surface area contributed by atoms with Gasteiger partial charge in [-0.25, -0.2) is 0 Å². The van der Waals surface area contributed by atoms with Gasteiger partial charge in [0, 0.05) is 35.3 Å². The van der Waals surface area contributed by atoms with E-state index in [0.717, 1.165) is 28.1 Å². The monoisotopic (exact) mass is 343 g/mol. The lowest BCUT2D eigenvalue weighted by molar-refractivity contribution is 0.102. The standard InChI is InChI=1S/C19H25N3OS/c1-12-5-4-6-17(14(12)3)22-19(23)15-8-7-13(2)18(9-15)21-10-16(20)11-24/h4-9,16,21,24H,10-11,20H2,1-3H3,(H,22,23)/t16-/m0/s1. The molecule has 0 fully saturated rings. The Balaban J connectivity index is 2.16. The van der Waals surface area contributed by atoms with E-state index in [-0.39, 0.29) is 11.9 Å². The van der Waals surface area contributed by atoms with Gasteiger partial charge in [0.05, 0.1) is 0 Å². The van der Waals surface area contributed by atoms with Crippen molar-refractivity contribution in [3.05, 3.63) is 58.7 Å². The van der Waals surface area contributed by atoms with Gasteiger partial charge in [0.15, 0.2) is 0 Å². The Hall–Kier alpha value is -1.98. The molecule has 0 aromatic heterocycles. The molecule has 0 bridgehead atoms. The number of hydrogen-bond acceptors (Lipinski definition) is 4. The summed E-state index contributed by atoms with van der Waals surface area (Å²) in [5.74, 6) is 0.490. The summed E-state index contributed by atoms with van der Waals surface area (Å²) in [4.78, 5) is 12.6. The normalized spacial score (nSPS) is 11.9. The summed E-state index contributed by atoms with van der Waals surface area (Å²) >= 11 is 4.18. The molecule has 0 unspecified atom stereocenters. The third-order valence-corrected chi connectivity index (χ3v) is 4.61. The number of carbonyl (C=O) groups is 1. The zero-order valence-electron chi connectivity index (χ0n) is 14.4. The molecule has 4 N–H and O–H groups in total. The van der Waals surface area contributed by atoms with Gasteiger partial charge < -0.3 is 16.4 Å². The van der Waals surface area contributed by atoms with E-state index in [9.17, 15) is 4.79 Å². The van der Waals surface area contributed by atoms with E-state index < -0.39 is 0 Å². The molecule has 24 heavy (non-hydrogen) atoms. The van der Waals surface area contributed by atoms with Crippen LogP contribution in [0.1, 0.15) is 27.0 Å². The maximum atomic E-state index is 12.6. The Morgan fingerprint density at radius 1 is 1.12 bits per heavy atom. The molecule has 1 amide bonds. The number of benzene rings is 2. The van der Waals surface area contributed by atoms with E-state index in [1.807, 2.05) is 57.2 Å². The highest BCUT2D eigenvalue weighted by atomic mass is 32.1. The minimum atomic E-state index is -0.120. The Morgan fingerprint density at radius 3 is 2.58 bits per heavy atom. The second-order valence-electron chi connectivity index (χ2n) is 6.05. The predicted octanol–water partition coefficient (Wildman–Crippen LogP) is 3.53. The maximum Gasteiger partial charge on any atom is 0.255 e. The van der Waals surface area contributed by atoms with Gasteiger partial charge >= 0.3 is 0 Å². The van der Waals surface area contributed by atoms with Crippen molar-refractivity contribution >= 4 is 29.9 Å². The quantitative estimate of drug-likeness (QED) is 0.607. The molecular weight excluding hydrogens is 318 g/mol. The van der Waals surface area contributed by atoms with Gasteiger partial charge in [0.2, 0.25) is 0 Å². The molecule has 0 saturated heterocycles. The Morgan fingerprint density at radius 2 is 1.88 bits per heavy atom. The zero-order chi connectivity index (χ0) is 17.7. The van der Waals surface area contributed by atoms with E-state index in [1.54, 1.807) is 0 Å². The third-order valence-electron chi connectivity index (χ3n) is 4.14. The lowest BCUT2D eigenvalue weighted by Gasteiger charge is -2.15. The topological polar surface area (TPSA) is 67.2 Å². The number of hydrogen-bond donors (Lipinski definition) is 4. The van der Waals surface area contributed by atoms with Crippen molar-refractivity contribution < 1.29 is 4.79 Å². The highest BCUT2D eigenvalue weighted by molar-refractivity contribution is 7.80. The second kappa shape index (κ2) is 8.22. The molecule has 5 heteroatoms. The molecule has 0 aliphatic rings. The van der Waals surface area contributed by atoms with Gasteiger partial charge in [-0.2, -0.15) is 12.6 Å². The van der Waals surface area contributed by atoms with Crippen LogP contribution in [0.4, 0.5) is 11.4 Å².